The Balaban J connectivity index is 3.14. The van der Waals surface area contributed by atoms with E-state index in [9.17, 15) is 4.79 Å². The largest absolute Gasteiger partial charge is 0.271 e. The van der Waals surface area contributed by atoms with E-state index in [1.54, 1.807) is 6.07 Å². The van der Waals surface area contributed by atoms with Gasteiger partial charge in [-0.2, -0.15) is 0 Å². The van der Waals surface area contributed by atoms with Crippen LogP contribution in [0.15, 0.2) is 24.3 Å². The maximum absolute atomic E-state index is 12.4. The van der Waals surface area contributed by atoms with Gasteiger partial charge in [0.15, 0.2) is 0 Å². The quantitative estimate of drug-likeness (QED) is 0.434. The molecule has 3 nitrogen and oxygen atoms in total. The number of carbonyl (C=O) groups is 1. The normalized spacial score (nSPS) is 11.7. The Kier molecular flexibility index (Phi) is 5.07. The lowest BCUT2D eigenvalue weighted by atomic mass is 10.1. The highest BCUT2D eigenvalue weighted by atomic mass is 127. The molecule has 0 fully saturated rings. The SMILES string of the molecule is CC(C)(C)N(C(=O)c1ccccc1I)N(Cl)Cl. The molecule has 1 aromatic rings. The van der Waals surface area contributed by atoms with Crippen molar-refractivity contribution in [2.75, 3.05) is 0 Å². The molecule has 0 aliphatic carbocycles. The van der Waals surface area contributed by atoms with Gasteiger partial charge in [-0.25, -0.2) is 5.01 Å². The summed E-state index contributed by atoms with van der Waals surface area (Å²) in [7, 11) is 0. The van der Waals surface area contributed by atoms with Crippen LogP contribution in [0.5, 0.6) is 0 Å². The molecule has 0 atom stereocenters. The Morgan fingerprint density at radius 2 is 1.76 bits per heavy atom. The second kappa shape index (κ2) is 5.73. The third-order valence-corrected chi connectivity index (χ3v) is 3.33. The van der Waals surface area contributed by atoms with Crippen molar-refractivity contribution in [2.24, 2.45) is 0 Å². The number of hydrazine groups is 1. The van der Waals surface area contributed by atoms with Crippen LogP contribution in [0.1, 0.15) is 31.1 Å². The summed E-state index contributed by atoms with van der Waals surface area (Å²) in [6.07, 6.45) is 0. The Hall–Kier alpha value is -0.0400. The smallest absolute Gasteiger partial charge is 0.267 e. The highest BCUT2D eigenvalue weighted by Gasteiger charge is 2.32. The molecule has 0 spiro atoms. The van der Waals surface area contributed by atoms with Crippen LogP contribution >= 0.6 is 46.1 Å². The topological polar surface area (TPSA) is 23.6 Å². The molecule has 0 heterocycles. The molecular weight excluding hydrogens is 374 g/mol. The number of rotatable bonds is 2. The van der Waals surface area contributed by atoms with Gasteiger partial charge in [0.2, 0.25) is 0 Å². The summed E-state index contributed by atoms with van der Waals surface area (Å²) < 4.78 is 1.64. The third kappa shape index (κ3) is 3.71. The first-order chi connectivity index (χ1) is 7.75. The summed E-state index contributed by atoms with van der Waals surface area (Å²) in [5, 5.41) is 1.30. The van der Waals surface area contributed by atoms with Crippen LogP contribution in [0.2, 0.25) is 0 Å². The van der Waals surface area contributed by atoms with E-state index < -0.39 is 5.54 Å². The molecule has 1 aromatic carbocycles. The van der Waals surface area contributed by atoms with Crippen LogP contribution < -0.4 is 0 Å². The molecule has 94 valence electrons. The maximum Gasteiger partial charge on any atom is 0.271 e. The first-order valence-electron chi connectivity index (χ1n) is 4.96. The predicted octanol–water partition coefficient (Wildman–Crippen LogP) is 4.06. The molecule has 0 aliphatic rings. The summed E-state index contributed by atoms with van der Waals surface area (Å²) in [5.74, 6) is -0.229. The zero-order chi connectivity index (χ0) is 13.2. The molecule has 1 amide bonds. The molecule has 17 heavy (non-hydrogen) atoms. The third-order valence-electron chi connectivity index (χ3n) is 2.08. The zero-order valence-electron chi connectivity index (χ0n) is 9.75. The van der Waals surface area contributed by atoms with Crippen molar-refractivity contribution in [3.8, 4) is 0 Å². The van der Waals surface area contributed by atoms with E-state index >= 15 is 0 Å². The fourth-order valence-corrected chi connectivity index (χ4v) is 2.56. The molecule has 0 N–H and O–H groups in total. The second-order valence-corrected chi connectivity index (χ2v) is 6.46. The number of hydrogen-bond acceptors (Lipinski definition) is 2. The molecule has 0 unspecified atom stereocenters. The first kappa shape index (κ1) is 15.0. The van der Waals surface area contributed by atoms with Crippen LogP contribution in [-0.2, 0) is 0 Å². The molecular formula is C11H13Cl2IN2O. The van der Waals surface area contributed by atoms with Gasteiger partial charge in [0.05, 0.1) is 11.1 Å². The molecule has 0 aromatic heterocycles. The van der Waals surface area contributed by atoms with Crippen molar-refractivity contribution < 1.29 is 4.79 Å². The van der Waals surface area contributed by atoms with Crippen molar-refractivity contribution >= 4 is 52.1 Å². The summed E-state index contributed by atoms with van der Waals surface area (Å²) in [6.45, 7) is 5.58. The summed E-state index contributed by atoms with van der Waals surface area (Å²) in [5.41, 5.74) is 0.0776. The number of amides is 1. The van der Waals surface area contributed by atoms with Gasteiger partial charge < -0.3 is 0 Å². The number of benzene rings is 1. The van der Waals surface area contributed by atoms with Gasteiger partial charge in [0.1, 0.15) is 0 Å². The van der Waals surface area contributed by atoms with E-state index in [0.717, 1.165) is 7.62 Å². The number of hydrogen-bond donors (Lipinski definition) is 0. The van der Waals surface area contributed by atoms with Gasteiger partial charge in [0.25, 0.3) is 5.91 Å². The molecule has 6 heteroatoms. The summed E-state index contributed by atoms with van der Waals surface area (Å²) in [4.78, 5) is 12.4. The monoisotopic (exact) mass is 386 g/mol. The molecule has 0 radical (unpaired) electrons. The average molecular weight is 387 g/mol. The van der Waals surface area contributed by atoms with E-state index in [2.05, 4.69) is 22.6 Å². The minimum Gasteiger partial charge on any atom is -0.267 e. The number of nitrogens with zero attached hydrogens (tertiary/aromatic N) is 2. The molecule has 0 bridgehead atoms. The van der Waals surface area contributed by atoms with E-state index in [-0.39, 0.29) is 5.91 Å². The maximum atomic E-state index is 12.4. The van der Waals surface area contributed by atoms with Gasteiger partial charge in [-0.1, -0.05) is 12.1 Å². The van der Waals surface area contributed by atoms with Gasteiger partial charge >= 0.3 is 0 Å². The Morgan fingerprint density at radius 1 is 1.24 bits per heavy atom. The van der Waals surface area contributed by atoms with Crippen LogP contribution in [0.4, 0.5) is 0 Å². The average Bonchev–Trinajstić information content (AvgIpc) is 2.15. The highest BCUT2D eigenvalue weighted by molar-refractivity contribution is 14.1. The Bertz CT molecular complexity index is 418. The van der Waals surface area contributed by atoms with Gasteiger partial charge in [-0.3, -0.25) is 4.79 Å². The number of carbonyl (C=O) groups excluding carboxylic acids is 1. The van der Waals surface area contributed by atoms with E-state index in [0.29, 0.717) is 5.56 Å². The van der Waals surface area contributed by atoms with Crippen molar-refractivity contribution in [3.05, 3.63) is 33.4 Å². The van der Waals surface area contributed by atoms with Crippen LogP contribution in [0.3, 0.4) is 0 Å². The summed E-state index contributed by atoms with van der Waals surface area (Å²) >= 11 is 13.6. The number of halogens is 3. The lowest BCUT2D eigenvalue weighted by Crippen LogP contribution is -2.49. The van der Waals surface area contributed by atoms with Crippen LogP contribution in [0.25, 0.3) is 0 Å². The standard InChI is InChI=1S/C11H13Cl2IN2O/c1-11(2,3)15(16(12)13)10(17)8-6-4-5-7-9(8)14/h4-7H,1-3H3. The Labute approximate surface area is 125 Å². The second-order valence-electron chi connectivity index (χ2n) is 4.48. The highest BCUT2D eigenvalue weighted by Crippen LogP contribution is 2.24. The molecule has 1 rings (SSSR count). The van der Waals surface area contributed by atoms with Crippen LogP contribution in [-0.4, -0.2) is 20.5 Å². The minimum absolute atomic E-state index is 0.229. The van der Waals surface area contributed by atoms with E-state index in [1.165, 1.54) is 5.01 Å². The fraction of sp³-hybridized carbons (Fsp3) is 0.364. The Morgan fingerprint density at radius 3 is 2.18 bits per heavy atom. The minimum atomic E-state index is -0.500. The fourth-order valence-electron chi connectivity index (χ4n) is 1.35. The van der Waals surface area contributed by atoms with Crippen molar-refractivity contribution in [1.29, 1.82) is 0 Å². The predicted molar refractivity (Wildman–Crippen MR) is 78.6 cm³/mol. The lowest BCUT2D eigenvalue weighted by molar-refractivity contribution is 0.0243. The first-order valence-corrected chi connectivity index (χ1v) is 6.71. The van der Waals surface area contributed by atoms with E-state index in [1.807, 2.05) is 39.0 Å². The van der Waals surface area contributed by atoms with Crippen molar-refractivity contribution in [3.63, 3.8) is 0 Å². The van der Waals surface area contributed by atoms with Crippen molar-refractivity contribution in [2.45, 2.75) is 26.3 Å². The van der Waals surface area contributed by atoms with Crippen LogP contribution in [0, 0.1) is 3.57 Å². The van der Waals surface area contributed by atoms with Gasteiger partial charge in [-0.15, -0.1) is 0 Å². The molecule has 0 saturated heterocycles. The molecule has 0 aliphatic heterocycles. The van der Waals surface area contributed by atoms with Crippen molar-refractivity contribution in [1.82, 2.24) is 9.06 Å². The van der Waals surface area contributed by atoms with Gasteiger partial charge in [-0.05, 0) is 59.5 Å². The zero-order valence-corrected chi connectivity index (χ0v) is 13.4. The van der Waals surface area contributed by atoms with Gasteiger partial charge in [0, 0.05) is 27.1 Å². The molecule has 0 saturated carbocycles. The lowest BCUT2D eigenvalue weighted by Gasteiger charge is -2.36. The summed E-state index contributed by atoms with van der Waals surface area (Å²) in [6, 6.07) is 7.30. The van der Waals surface area contributed by atoms with E-state index in [4.69, 9.17) is 23.6 Å².